The van der Waals surface area contributed by atoms with E-state index in [2.05, 4.69) is 46.2 Å². The summed E-state index contributed by atoms with van der Waals surface area (Å²) in [6.45, 7) is 6.14. The van der Waals surface area contributed by atoms with Gasteiger partial charge in [-0.1, -0.05) is 6.92 Å². The molecule has 2 heterocycles. The van der Waals surface area contributed by atoms with Crippen molar-refractivity contribution in [2.24, 2.45) is 7.05 Å². The number of rotatable bonds is 7. The van der Waals surface area contributed by atoms with Crippen LogP contribution in [0, 0.1) is 0 Å². The Morgan fingerprint density at radius 2 is 2.14 bits per heavy atom. The van der Waals surface area contributed by atoms with Gasteiger partial charge in [-0.3, -0.25) is 0 Å². The lowest BCUT2D eigenvalue weighted by atomic mass is 10.1. The highest BCUT2D eigenvalue weighted by atomic mass is 15.2. The molecule has 0 saturated carbocycles. The predicted molar refractivity (Wildman–Crippen MR) is 86.3 cm³/mol. The predicted octanol–water partition coefficient (Wildman–Crippen LogP) is 2.51. The van der Waals surface area contributed by atoms with Gasteiger partial charge in [-0.05, 0) is 37.6 Å². The van der Waals surface area contributed by atoms with Gasteiger partial charge in [0.25, 0.3) is 0 Å². The van der Waals surface area contributed by atoms with E-state index in [1.54, 1.807) is 0 Å². The van der Waals surface area contributed by atoms with Crippen molar-refractivity contribution in [1.29, 1.82) is 0 Å². The summed E-state index contributed by atoms with van der Waals surface area (Å²) in [6.07, 6.45) is 6.80. The molecule has 1 N–H and O–H groups in total. The van der Waals surface area contributed by atoms with Gasteiger partial charge < -0.3 is 14.8 Å². The van der Waals surface area contributed by atoms with Crippen molar-refractivity contribution in [1.82, 2.24) is 19.9 Å². The van der Waals surface area contributed by atoms with Crippen LogP contribution in [0.2, 0.25) is 0 Å². The van der Waals surface area contributed by atoms with Gasteiger partial charge in [-0.2, -0.15) is 0 Å². The molecule has 0 fully saturated rings. The maximum atomic E-state index is 4.47. The number of aromatic nitrogens is 3. The molecular formula is C16H25N5. The van der Waals surface area contributed by atoms with E-state index in [4.69, 9.17) is 0 Å². The van der Waals surface area contributed by atoms with Crippen LogP contribution < -0.4 is 10.2 Å². The molecule has 1 atom stereocenters. The third-order valence-electron chi connectivity index (χ3n) is 3.66. The molecule has 0 aliphatic rings. The van der Waals surface area contributed by atoms with Crippen molar-refractivity contribution in [2.75, 3.05) is 18.5 Å². The van der Waals surface area contributed by atoms with E-state index in [1.807, 2.05) is 37.3 Å². The van der Waals surface area contributed by atoms with Gasteiger partial charge in [0.15, 0.2) is 0 Å². The zero-order valence-electron chi connectivity index (χ0n) is 13.4. The molecule has 2 rings (SSSR count). The largest absolute Gasteiger partial charge is 0.352 e. The molecule has 0 spiro atoms. The van der Waals surface area contributed by atoms with Crippen molar-refractivity contribution in [3.63, 3.8) is 0 Å². The van der Waals surface area contributed by atoms with Crippen LogP contribution in [0.25, 0.3) is 0 Å². The number of anilines is 1. The molecule has 0 aliphatic carbocycles. The van der Waals surface area contributed by atoms with Crippen LogP contribution in [-0.4, -0.2) is 28.1 Å². The second-order valence-corrected chi connectivity index (χ2v) is 5.43. The number of hydrogen-bond acceptors (Lipinski definition) is 4. The number of hydrogen-bond donors (Lipinski definition) is 1. The van der Waals surface area contributed by atoms with Crippen LogP contribution in [0.3, 0.4) is 0 Å². The zero-order chi connectivity index (χ0) is 15.2. The average Bonchev–Trinajstić information content (AvgIpc) is 2.90. The highest BCUT2D eigenvalue weighted by molar-refractivity contribution is 5.41. The monoisotopic (exact) mass is 287 g/mol. The third-order valence-corrected chi connectivity index (χ3v) is 3.66. The standard InChI is InChI=1S/C16H25N5/c1-5-7-17-13(2)14-6-8-18-15(11-14)21(4)12-16-19-9-10-20(16)3/h6,8-11,13,17H,5,7,12H2,1-4H3. The summed E-state index contributed by atoms with van der Waals surface area (Å²) in [5, 5.41) is 3.51. The van der Waals surface area contributed by atoms with Crippen molar-refractivity contribution >= 4 is 5.82 Å². The Labute approximate surface area is 127 Å². The summed E-state index contributed by atoms with van der Waals surface area (Å²) in [7, 11) is 4.06. The molecule has 0 amide bonds. The van der Waals surface area contributed by atoms with Crippen molar-refractivity contribution in [2.45, 2.75) is 32.9 Å². The molecule has 5 heteroatoms. The Balaban J connectivity index is 2.07. The van der Waals surface area contributed by atoms with Crippen molar-refractivity contribution < 1.29 is 0 Å². The van der Waals surface area contributed by atoms with Gasteiger partial charge in [0.05, 0.1) is 6.54 Å². The van der Waals surface area contributed by atoms with E-state index < -0.39 is 0 Å². The third kappa shape index (κ3) is 4.04. The summed E-state index contributed by atoms with van der Waals surface area (Å²) < 4.78 is 2.03. The summed E-state index contributed by atoms with van der Waals surface area (Å²) in [6, 6.07) is 4.56. The average molecular weight is 287 g/mol. The first-order valence-corrected chi connectivity index (χ1v) is 7.48. The topological polar surface area (TPSA) is 46.0 Å². The lowest BCUT2D eigenvalue weighted by molar-refractivity contribution is 0.570. The molecule has 2 aromatic rings. The highest BCUT2D eigenvalue weighted by Gasteiger charge is 2.10. The lowest BCUT2D eigenvalue weighted by Crippen LogP contribution is -2.22. The zero-order valence-corrected chi connectivity index (χ0v) is 13.4. The van der Waals surface area contributed by atoms with E-state index in [9.17, 15) is 0 Å². The fourth-order valence-electron chi connectivity index (χ4n) is 2.23. The molecule has 21 heavy (non-hydrogen) atoms. The highest BCUT2D eigenvalue weighted by Crippen LogP contribution is 2.18. The van der Waals surface area contributed by atoms with Gasteiger partial charge in [-0.25, -0.2) is 9.97 Å². The molecule has 0 saturated heterocycles. The van der Waals surface area contributed by atoms with Crippen LogP contribution in [0.1, 0.15) is 37.7 Å². The Morgan fingerprint density at radius 3 is 2.81 bits per heavy atom. The summed E-state index contributed by atoms with van der Waals surface area (Å²) in [5.41, 5.74) is 1.26. The van der Waals surface area contributed by atoms with Crippen LogP contribution in [-0.2, 0) is 13.6 Å². The number of imidazole rings is 1. The van der Waals surface area contributed by atoms with Crippen LogP contribution in [0.4, 0.5) is 5.82 Å². The molecule has 0 aliphatic heterocycles. The minimum atomic E-state index is 0.341. The van der Waals surface area contributed by atoms with Crippen molar-refractivity contribution in [3.8, 4) is 0 Å². The molecule has 2 aromatic heterocycles. The first-order valence-electron chi connectivity index (χ1n) is 7.48. The quantitative estimate of drug-likeness (QED) is 0.850. The SMILES string of the molecule is CCCNC(C)c1ccnc(N(C)Cc2nccn2C)c1. The van der Waals surface area contributed by atoms with Gasteiger partial charge in [0, 0.05) is 38.7 Å². The maximum absolute atomic E-state index is 4.47. The summed E-state index contributed by atoms with van der Waals surface area (Å²) in [4.78, 5) is 11.0. The van der Waals surface area contributed by atoms with E-state index in [0.717, 1.165) is 31.2 Å². The maximum Gasteiger partial charge on any atom is 0.128 e. The second kappa shape index (κ2) is 7.22. The number of pyridine rings is 1. The smallest absolute Gasteiger partial charge is 0.128 e. The van der Waals surface area contributed by atoms with Crippen LogP contribution in [0.15, 0.2) is 30.7 Å². The normalized spacial score (nSPS) is 12.4. The van der Waals surface area contributed by atoms with Gasteiger partial charge in [-0.15, -0.1) is 0 Å². The fourth-order valence-corrected chi connectivity index (χ4v) is 2.23. The Kier molecular flexibility index (Phi) is 5.33. The number of nitrogens with zero attached hydrogens (tertiary/aromatic N) is 4. The van der Waals surface area contributed by atoms with Crippen molar-refractivity contribution in [3.05, 3.63) is 42.1 Å². The minimum absolute atomic E-state index is 0.341. The molecular weight excluding hydrogens is 262 g/mol. The van der Waals surface area contributed by atoms with E-state index >= 15 is 0 Å². The molecule has 1 unspecified atom stereocenters. The summed E-state index contributed by atoms with van der Waals surface area (Å²) in [5.74, 6) is 2.00. The second-order valence-electron chi connectivity index (χ2n) is 5.43. The number of aryl methyl sites for hydroxylation is 1. The van der Waals surface area contributed by atoms with E-state index in [1.165, 1.54) is 5.56 Å². The fraction of sp³-hybridized carbons (Fsp3) is 0.500. The van der Waals surface area contributed by atoms with Crippen LogP contribution >= 0.6 is 0 Å². The first-order chi connectivity index (χ1) is 10.1. The van der Waals surface area contributed by atoms with E-state index in [-0.39, 0.29) is 0 Å². The molecule has 5 nitrogen and oxygen atoms in total. The molecule has 114 valence electrons. The Morgan fingerprint density at radius 1 is 1.33 bits per heavy atom. The van der Waals surface area contributed by atoms with Crippen LogP contribution in [0.5, 0.6) is 0 Å². The van der Waals surface area contributed by atoms with Gasteiger partial charge in [0.1, 0.15) is 11.6 Å². The van der Waals surface area contributed by atoms with E-state index in [0.29, 0.717) is 6.04 Å². The molecule has 0 aromatic carbocycles. The summed E-state index contributed by atoms with van der Waals surface area (Å²) >= 11 is 0. The Bertz CT molecular complexity index is 563. The van der Waals surface area contributed by atoms with Gasteiger partial charge in [0.2, 0.25) is 0 Å². The Hall–Kier alpha value is -1.88. The minimum Gasteiger partial charge on any atom is -0.352 e. The molecule has 0 radical (unpaired) electrons. The first kappa shape index (κ1) is 15.5. The van der Waals surface area contributed by atoms with Gasteiger partial charge >= 0.3 is 0 Å². The number of nitrogens with one attached hydrogen (secondary N) is 1. The molecule has 0 bridgehead atoms. The lowest BCUT2D eigenvalue weighted by Gasteiger charge is -2.20.